The van der Waals surface area contributed by atoms with E-state index >= 15 is 0 Å². The van der Waals surface area contributed by atoms with Crippen LogP contribution in [0.5, 0.6) is 0 Å². The molecule has 2 aromatic rings. The second-order valence-electron chi connectivity index (χ2n) is 6.05. The van der Waals surface area contributed by atoms with Gasteiger partial charge in [0.1, 0.15) is 0 Å². The summed E-state index contributed by atoms with van der Waals surface area (Å²) in [5.41, 5.74) is 3.41. The summed E-state index contributed by atoms with van der Waals surface area (Å²) in [5, 5.41) is 2.95. The maximum absolute atomic E-state index is 12.7. The molecule has 0 saturated heterocycles. The summed E-state index contributed by atoms with van der Waals surface area (Å²) in [5.74, 6) is 0.213. The Bertz CT molecular complexity index is 769. The molecule has 1 aromatic carbocycles. The third-order valence-electron chi connectivity index (χ3n) is 4.37. The number of carbonyl (C=O) groups excluding carboxylic acids is 2. The van der Waals surface area contributed by atoms with Crippen molar-refractivity contribution in [3.63, 3.8) is 0 Å². The first-order valence-electron chi connectivity index (χ1n) is 7.88. The second kappa shape index (κ2) is 5.50. The Morgan fingerprint density at radius 1 is 1.13 bits per heavy atom. The minimum atomic E-state index is -0.0307. The van der Waals surface area contributed by atoms with Crippen LogP contribution < -0.4 is 10.2 Å². The molecule has 1 aliphatic heterocycles. The first kappa shape index (κ1) is 13.9. The monoisotopic (exact) mass is 307 g/mol. The number of pyridine rings is 1. The lowest BCUT2D eigenvalue weighted by molar-refractivity contribution is -0.117. The van der Waals surface area contributed by atoms with Crippen molar-refractivity contribution in [3.05, 3.63) is 53.9 Å². The number of aromatic nitrogens is 1. The van der Waals surface area contributed by atoms with E-state index in [9.17, 15) is 9.59 Å². The molecule has 1 N–H and O–H groups in total. The summed E-state index contributed by atoms with van der Waals surface area (Å²) in [6.45, 7) is 0.663. The van der Waals surface area contributed by atoms with Gasteiger partial charge in [0.2, 0.25) is 5.91 Å². The predicted octanol–water partition coefficient (Wildman–Crippen LogP) is 2.63. The number of anilines is 2. The van der Waals surface area contributed by atoms with Gasteiger partial charge in [-0.3, -0.25) is 14.6 Å². The van der Waals surface area contributed by atoms with Crippen LogP contribution in [0.15, 0.2) is 42.7 Å². The van der Waals surface area contributed by atoms with Crippen LogP contribution >= 0.6 is 0 Å². The van der Waals surface area contributed by atoms with Crippen molar-refractivity contribution >= 4 is 23.2 Å². The standard InChI is InChI=1S/C18H17N3O2/c22-17(13-1-2-13)20-15-4-3-12-7-10-21(16(12)11-15)18(23)14-5-8-19-9-6-14/h3-6,8-9,11,13H,1-2,7,10H2,(H,20,22). The Morgan fingerprint density at radius 2 is 1.91 bits per heavy atom. The molecule has 0 bridgehead atoms. The average Bonchev–Trinajstić information content (AvgIpc) is 3.35. The van der Waals surface area contributed by atoms with Crippen LogP contribution in [0.1, 0.15) is 28.8 Å². The molecule has 1 saturated carbocycles. The van der Waals surface area contributed by atoms with E-state index in [2.05, 4.69) is 10.3 Å². The van der Waals surface area contributed by atoms with Gasteiger partial charge >= 0.3 is 0 Å². The Labute approximate surface area is 134 Å². The fraction of sp³-hybridized carbons (Fsp3) is 0.278. The van der Waals surface area contributed by atoms with Gasteiger partial charge in [-0.05, 0) is 49.1 Å². The molecule has 23 heavy (non-hydrogen) atoms. The van der Waals surface area contributed by atoms with Crippen molar-refractivity contribution in [2.24, 2.45) is 5.92 Å². The van der Waals surface area contributed by atoms with Gasteiger partial charge in [0.05, 0.1) is 0 Å². The van der Waals surface area contributed by atoms with Crippen molar-refractivity contribution < 1.29 is 9.59 Å². The lowest BCUT2D eigenvalue weighted by atomic mass is 10.1. The molecule has 1 aliphatic carbocycles. The molecule has 0 unspecified atom stereocenters. The Hall–Kier alpha value is -2.69. The van der Waals surface area contributed by atoms with Crippen LogP contribution in [0.3, 0.4) is 0 Å². The molecule has 0 radical (unpaired) electrons. The predicted molar refractivity (Wildman–Crippen MR) is 87.4 cm³/mol. The number of amides is 2. The molecule has 1 aromatic heterocycles. The van der Waals surface area contributed by atoms with E-state index in [4.69, 9.17) is 0 Å². The molecular formula is C18H17N3O2. The number of nitrogens with zero attached hydrogens (tertiary/aromatic N) is 2. The molecule has 5 heteroatoms. The normalized spacial score (nSPS) is 16.1. The van der Waals surface area contributed by atoms with Crippen LogP contribution in [0, 0.1) is 5.92 Å². The van der Waals surface area contributed by atoms with Crippen LogP contribution in [-0.4, -0.2) is 23.3 Å². The maximum atomic E-state index is 12.7. The summed E-state index contributed by atoms with van der Waals surface area (Å²) in [4.78, 5) is 30.3. The average molecular weight is 307 g/mol. The van der Waals surface area contributed by atoms with E-state index in [1.165, 1.54) is 0 Å². The van der Waals surface area contributed by atoms with E-state index in [0.717, 1.165) is 36.2 Å². The molecule has 2 aliphatic rings. The largest absolute Gasteiger partial charge is 0.326 e. The lowest BCUT2D eigenvalue weighted by Gasteiger charge is -2.18. The van der Waals surface area contributed by atoms with E-state index in [0.29, 0.717) is 12.1 Å². The van der Waals surface area contributed by atoms with Crippen molar-refractivity contribution in [2.45, 2.75) is 19.3 Å². The molecule has 2 amide bonds. The van der Waals surface area contributed by atoms with Gasteiger partial charge in [-0.1, -0.05) is 6.07 Å². The number of hydrogen-bond donors (Lipinski definition) is 1. The molecule has 1 fully saturated rings. The third-order valence-corrected chi connectivity index (χ3v) is 4.37. The van der Waals surface area contributed by atoms with Gasteiger partial charge in [-0.15, -0.1) is 0 Å². The van der Waals surface area contributed by atoms with Crippen LogP contribution in [0.2, 0.25) is 0 Å². The van der Waals surface area contributed by atoms with Crippen molar-refractivity contribution in [2.75, 3.05) is 16.8 Å². The summed E-state index contributed by atoms with van der Waals surface area (Å²) in [6.07, 6.45) is 6.03. The van der Waals surface area contributed by atoms with E-state index in [-0.39, 0.29) is 17.7 Å². The summed E-state index contributed by atoms with van der Waals surface area (Å²) >= 11 is 0. The number of nitrogens with one attached hydrogen (secondary N) is 1. The van der Waals surface area contributed by atoms with Gasteiger partial charge in [0.25, 0.3) is 5.91 Å². The Morgan fingerprint density at radius 3 is 2.65 bits per heavy atom. The van der Waals surface area contributed by atoms with Crippen molar-refractivity contribution in [1.82, 2.24) is 4.98 Å². The highest BCUT2D eigenvalue weighted by atomic mass is 16.2. The first-order chi connectivity index (χ1) is 11.2. The lowest BCUT2D eigenvalue weighted by Crippen LogP contribution is -2.28. The van der Waals surface area contributed by atoms with Crippen LogP contribution in [-0.2, 0) is 11.2 Å². The smallest absolute Gasteiger partial charge is 0.258 e. The molecule has 5 nitrogen and oxygen atoms in total. The highest BCUT2D eigenvalue weighted by Gasteiger charge is 2.30. The zero-order valence-corrected chi connectivity index (χ0v) is 12.7. The summed E-state index contributed by atoms with van der Waals surface area (Å²) in [6, 6.07) is 9.26. The van der Waals surface area contributed by atoms with E-state index in [1.807, 2.05) is 18.2 Å². The Balaban J connectivity index is 1.59. The Kier molecular flexibility index (Phi) is 3.33. The first-order valence-corrected chi connectivity index (χ1v) is 7.88. The van der Waals surface area contributed by atoms with Gasteiger partial charge in [-0.25, -0.2) is 0 Å². The molecule has 0 spiro atoms. The highest BCUT2D eigenvalue weighted by molar-refractivity contribution is 6.07. The second-order valence-corrected chi connectivity index (χ2v) is 6.05. The van der Waals surface area contributed by atoms with Crippen LogP contribution in [0.25, 0.3) is 0 Å². The third kappa shape index (κ3) is 2.70. The molecule has 116 valence electrons. The quantitative estimate of drug-likeness (QED) is 0.948. The topological polar surface area (TPSA) is 62.3 Å². The van der Waals surface area contributed by atoms with Gasteiger partial charge in [0, 0.05) is 41.8 Å². The summed E-state index contributed by atoms with van der Waals surface area (Å²) in [7, 11) is 0. The minimum Gasteiger partial charge on any atom is -0.326 e. The highest BCUT2D eigenvalue weighted by Crippen LogP contribution is 2.34. The number of hydrogen-bond acceptors (Lipinski definition) is 3. The number of carbonyl (C=O) groups is 2. The molecule has 2 heterocycles. The fourth-order valence-electron chi connectivity index (χ4n) is 2.91. The van der Waals surface area contributed by atoms with E-state index < -0.39 is 0 Å². The van der Waals surface area contributed by atoms with E-state index in [1.54, 1.807) is 29.4 Å². The van der Waals surface area contributed by atoms with Gasteiger partial charge in [0.15, 0.2) is 0 Å². The number of benzene rings is 1. The number of rotatable bonds is 3. The SMILES string of the molecule is O=C(Nc1ccc2c(c1)N(C(=O)c1ccncc1)CC2)C1CC1. The molecule has 0 atom stereocenters. The van der Waals surface area contributed by atoms with Crippen molar-refractivity contribution in [1.29, 1.82) is 0 Å². The summed E-state index contributed by atoms with van der Waals surface area (Å²) < 4.78 is 0. The maximum Gasteiger partial charge on any atom is 0.258 e. The number of fused-ring (bicyclic) bond motifs is 1. The fourth-order valence-corrected chi connectivity index (χ4v) is 2.91. The van der Waals surface area contributed by atoms with Gasteiger partial charge < -0.3 is 10.2 Å². The minimum absolute atomic E-state index is 0.0307. The zero-order valence-electron chi connectivity index (χ0n) is 12.7. The van der Waals surface area contributed by atoms with Crippen molar-refractivity contribution in [3.8, 4) is 0 Å². The van der Waals surface area contributed by atoms with Crippen LogP contribution in [0.4, 0.5) is 11.4 Å². The zero-order chi connectivity index (χ0) is 15.8. The molecule has 4 rings (SSSR count). The van der Waals surface area contributed by atoms with Gasteiger partial charge in [-0.2, -0.15) is 0 Å². The molecular weight excluding hydrogens is 290 g/mol.